The van der Waals surface area contributed by atoms with E-state index < -0.39 is 22.2 Å². The molecule has 4 fully saturated rings. The van der Waals surface area contributed by atoms with E-state index in [9.17, 15) is 18.6 Å². The molecule has 0 aromatic rings. The van der Waals surface area contributed by atoms with Gasteiger partial charge in [0, 0.05) is 39.1 Å². The lowest BCUT2D eigenvalue weighted by molar-refractivity contribution is 0.0699. The molecule has 2 N–H and O–H groups in total. The van der Waals surface area contributed by atoms with Crippen molar-refractivity contribution in [1.82, 2.24) is 9.21 Å². The first-order valence-electron chi connectivity index (χ1n) is 13.1. The van der Waals surface area contributed by atoms with Crippen LogP contribution in [0, 0.1) is 23.2 Å². The fourth-order valence-electron chi connectivity index (χ4n) is 7.46. The third-order valence-corrected chi connectivity index (χ3v) is 10.6. The van der Waals surface area contributed by atoms with Crippen LogP contribution in [0.3, 0.4) is 0 Å². The first kappa shape index (κ1) is 26.1. The maximum absolute atomic E-state index is 11.8. The molecule has 1 aliphatic heterocycles. The predicted molar refractivity (Wildman–Crippen MR) is 137 cm³/mol. The van der Waals surface area contributed by atoms with Crippen molar-refractivity contribution in [2.24, 2.45) is 23.2 Å². The molecule has 0 radical (unpaired) electrons. The van der Waals surface area contributed by atoms with Gasteiger partial charge in [0.25, 0.3) is 0 Å². The highest BCUT2D eigenvalue weighted by molar-refractivity contribution is 7.88. The van der Waals surface area contributed by atoms with E-state index in [2.05, 4.69) is 37.5 Å². The lowest BCUT2D eigenvalue weighted by Gasteiger charge is -2.45. The third kappa shape index (κ3) is 5.39. The van der Waals surface area contributed by atoms with Gasteiger partial charge < -0.3 is 15.1 Å². The van der Waals surface area contributed by atoms with E-state index in [0.717, 1.165) is 37.2 Å². The fourth-order valence-corrected chi connectivity index (χ4v) is 8.28. The zero-order chi connectivity index (χ0) is 24.7. The van der Waals surface area contributed by atoms with E-state index in [4.69, 9.17) is 0 Å². The molecular weight excluding hydrogens is 448 g/mol. The molecule has 1 saturated heterocycles. The molecule has 4 rings (SSSR count). The van der Waals surface area contributed by atoms with Crippen molar-refractivity contribution < 1.29 is 18.6 Å². The summed E-state index contributed by atoms with van der Waals surface area (Å²) >= 11 is 0. The highest BCUT2D eigenvalue weighted by Gasteiger charge is 2.50. The summed E-state index contributed by atoms with van der Waals surface area (Å²) in [7, 11) is -3.09. The Kier molecular flexibility index (Phi) is 7.80. The maximum atomic E-state index is 11.8. The van der Waals surface area contributed by atoms with Crippen LogP contribution < -0.4 is 0 Å². The second-order valence-electron chi connectivity index (χ2n) is 11.6. The maximum Gasteiger partial charge on any atom is 0.211 e. The molecule has 4 aliphatic rings. The van der Waals surface area contributed by atoms with E-state index in [1.165, 1.54) is 37.5 Å². The van der Waals surface area contributed by atoms with Gasteiger partial charge in [0.05, 0.1) is 18.5 Å². The highest BCUT2D eigenvalue weighted by Crippen LogP contribution is 2.59. The van der Waals surface area contributed by atoms with Gasteiger partial charge in [-0.25, -0.2) is 8.42 Å². The molecule has 192 valence electrons. The van der Waals surface area contributed by atoms with Crippen LogP contribution in [-0.2, 0) is 10.0 Å². The monoisotopic (exact) mass is 492 g/mol. The van der Waals surface area contributed by atoms with Crippen molar-refractivity contribution in [1.29, 1.82) is 0 Å². The molecule has 0 bridgehead atoms. The molecule has 1 heterocycles. The number of hydrogen-bond acceptors (Lipinski definition) is 5. The summed E-state index contributed by atoms with van der Waals surface area (Å²) in [6, 6.07) is 0. The van der Waals surface area contributed by atoms with Gasteiger partial charge in [-0.3, -0.25) is 0 Å². The molecular formula is C27H44N2O4S. The molecule has 7 heteroatoms. The number of allylic oxidation sites excluding steroid dienone is 3. The number of piperazine rings is 1. The highest BCUT2D eigenvalue weighted by atomic mass is 32.2. The number of aliphatic hydroxyl groups excluding tert-OH is 2. The Labute approximate surface area is 206 Å². The topological polar surface area (TPSA) is 81.1 Å². The van der Waals surface area contributed by atoms with Gasteiger partial charge in [0.1, 0.15) is 0 Å². The lowest BCUT2D eigenvalue weighted by Crippen LogP contribution is -2.50. The van der Waals surface area contributed by atoms with Crippen LogP contribution >= 0.6 is 0 Å². The van der Waals surface area contributed by atoms with E-state index in [1.807, 2.05) is 0 Å². The molecule has 0 aromatic carbocycles. The number of nitrogens with zero attached hydrogens (tertiary/aromatic N) is 2. The average Bonchev–Trinajstić information content (AvgIpc) is 3.12. The van der Waals surface area contributed by atoms with Gasteiger partial charge >= 0.3 is 0 Å². The summed E-state index contributed by atoms with van der Waals surface area (Å²) < 4.78 is 25.3. The minimum Gasteiger partial charge on any atom is -0.393 e. The minimum absolute atomic E-state index is 0.305. The number of fused-ring (bicyclic) bond motifs is 1. The van der Waals surface area contributed by atoms with Crippen LogP contribution in [0.4, 0.5) is 0 Å². The number of sulfonamides is 1. The molecule has 0 amide bonds. The first-order valence-corrected chi connectivity index (χ1v) is 15.0. The zero-order valence-electron chi connectivity index (χ0n) is 21.2. The first-order chi connectivity index (χ1) is 16.0. The minimum atomic E-state index is -3.09. The largest absolute Gasteiger partial charge is 0.393 e. The molecule has 3 aliphatic carbocycles. The number of hydrogen-bond donors (Lipinski definition) is 2. The summed E-state index contributed by atoms with van der Waals surface area (Å²) in [5, 5.41) is 20.3. The molecule has 0 spiro atoms. The molecule has 6 atom stereocenters. The predicted octanol–water partition coefficient (Wildman–Crippen LogP) is 3.34. The Morgan fingerprint density at radius 1 is 1.18 bits per heavy atom. The fraction of sp³-hybridized carbons (Fsp3) is 0.778. The normalized spacial score (nSPS) is 39.5. The van der Waals surface area contributed by atoms with Crippen LogP contribution in [0.1, 0.15) is 58.8 Å². The molecule has 6 nitrogen and oxygen atoms in total. The SMILES string of the molecule is C=C1C(=CC=C2CCC[C@]3(C)[C@@H](C(C)CN4CCN(S(C)(=O)=O)CC4)CC[C@@H]23)C[C@@H](O)C[C@@H]1O. The van der Waals surface area contributed by atoms with Gasteiger partial charge in [-0.15, -0.1) is 0 Å². The zero-order valence-corrected chi connectivity index (χ0v) is 22.1. The average molecular weight is 493 g/mol. The molecule has 34 heavy (non-hydrogen) atoms. The Bertz CT molecular complexity index is 934. The van der Waals surface area contributed by atoms with Crippen molar-refractivity contribution in [3.05, 3.63) is 35.5 Å². The Morgan fingerprint density at radius 3 is 2.56 bits per heavy atom. The van der Waals surface area contributed by atoms with Gasteiger partial charge in [0.15, 0.2) is 0 Å². The van der Waals surface area contributed by atoms with Crippen LogP contribution in [0.15, 0.2) is 35.5 Å². The van der Waals surface area contributed by atoms with E-state index in [0.29, 0.717) is 49.1 Å². The second kappa shape index (κ2) is 10.2. The van der Waals surface area contributed by atoms with Gasteiger partial charge in [-0.05, 0) is 72.8 Å². The van der Waals surface area contributed by atoms with E-state index >= 15 is 0 Å². The van der Waals surface area contributed by atoms with Crippen molar-refractivity contribution in [2.75, 3.05) is 39.0 Å². The van der Waals surface area contributed by atoms with Crippen molar-refractivity contribution >= 4 is 10.0 Å². The van der Waals surface area contributed by atoms with Crippen LogP contribution in [0.2, 0.25) is 0 Å². The quantitative estimate of drug-likeness (QED) is 0.615. The summed E-state index contributed by atoms with van der Waals surface area (Å²) in [6.45, 7) is 12.9. The number of rotatable bonds is 5. The van der Waals surface area contributed by atoms with Gasteiger partial charge in [0.2, 0.25) is 10.0 Å². The molecule has 3 saturated carbocycles. The molecule has 0 aromatic heterocycles. The van der Waals surface area contributed by atoms with Crippen LogP contribution in [0.25, 0.3) is 0 Å². The van der Waals surface area contributed by atoms with Crippen LogP contribution in [0.5, 0.6) is 0 Å². The lowest BCUT2D eigenvalue weighted by atomic mass is 9.61. The Hall–Kier alpha value is -0.990. The van der Waals surface area contributed by atoms with E-state index in [-0.39, 0.29) is 0 Å². The molecule has 1 unspecified atom stereocenters. The van der Waals surface area contributed by atoms with Crippen LogP contribution in [-0.4, -0.2) is 79.0 Å². The third-order valence-electron chi connectivity index (χ3n) is 9.34. The Balaban J connectivity index is 1.42. The van der Waals surface area contributed by atoms with Gasteiger partial charge in [-0.2, -0.15) is 4.31 Å². The number of aliphatic hydroxyl groups is 2. The van der Waals surface area contributed by atoms with Crippen molar-refractivity contribution in [2.45, 2.75) is 71.0 Å². The standard InChI is InChI=1S/C27H44N2O4S/c1-19(18-28-12-14-29(15-13-28)34(4,32)33)24-9-10-25-21(6-5-11-27(24,25)3)7-8-22-16-23(30)17-26(31)20(22)2/h7-8,19,23-26,30-31H,2,5-6,9-18H2,1,3-4H3/t19?,23-,24-,25+,26+,27-/m1/s1. The summed E-state index contributed by atoms with van der Waals surface area (Å²) in [4.78, 5) is 2.46. The van der Waals surface area contributed by atoms with Crippen molar-refractivity contribution in [3.8, 4) is 0 Å². The van der Waals surface area contributed by atoms with Crippen molar-refractivity contribution in [3.63, 3.8) is 0 Å². The summed E-state index contributed by atoms with van der Waals surface area (Å²) in [6.07, 6.45) is 11.6. The summed E-state index contributed by atoms with van der Waals surface area (Å²) in [5.74, 6) is 1.86. The second-order valence-corrected chi connectivity index (χ2v) is 13.6. The van der Waals surface area contributed by atoms with Gasteiger partial charge in [-0.1, -0.05) is 38.2 Å². The summed E-state index contributed by atoms with van der Waals surface area (Å²) in [5.41, 5.74) is 3.58. The smallest absolute Gasteiger partial charge is 0.211 e. The Morgan fingerprint density at radius 2 is 1.88 bits per heavy atom. The van der Waals surface area contributed by atoms with E-state index in [1.54, 1.807) is 4.31 Å².